The topological polar surface area (TPSA) is 72.1 Å². The number of aromatic nitrogens is 2. The molecule has 130 valence electrons. The first-order valence-corrected chi connectivity index (χ1v) is 8.27. The molecule has 0 fully saturated rings. The van der Waals surface area contributed by atoms with Crippen LogP contribution in [0.3, 0.4) is 0 Å². The summed E-state index contributed by atoms with van der Waals surface area (Å²) in [4.78, 5) is 16.4. The molecule has 6 heteroatoms. The minimum atomic E-state index is -0.246. The van der Waals surface area contributed by atoms with Gasteiger partial charge in [-0.05, 0) is 23.8 Å². The van der Waals surface area contributed by atoms with Gasteiger partial charge in [0.1, 0.15) is 5.82 Å². The van der Waals surface area contributed by atoms with Crippen LogP contribution in [0.15, 0.2) is 59.7 Å². The van der Waals surface area contributed by atoms with E-state index in [1.807, 2.05) is 42.7 Å². The number of nitrogens with zero attached hydrogens (tertiary/aromatic N) is 2. The lowest BCUT2D eigenvalue weighted by molar-refractivity contribution is 0.251. The molecule has 0 bridgehead atoms. The van der Waals surface area contributed by atoms with E-state index in [9.17, 15) is 4.79 Å². The summed E-state index contributed by atoms with van der Waals surface area (Å²) >= 11 is 0. The molecule has 0 aliphatic heterocycles. The number of amides is 2. The first-order chi connectivity index (χ1) is 12.1. The van der Waals surface area contributed by atoms with Crippen LogP contribution in [0, 0.1) is 0 Å². The number of carbonyl (C=O) groups is 1. The maximum absolute atomic E-state index is 12.0. The number of imidazole rings is 1. The second kappa shape index (κ2) is 7.70. The molecule has 0 aliphatic rings. The van der Waals surface area contributed by atoms with Crippen LogP contribution in [-0.4, -0.2) is 15.6 Å². The van der Waals surface area contributed by atoms with E-state index in [2.05, 4.69) is 34.0 Å². The van der Waals surface area contributed by atoms with Crippen LogP contribution in [0.5, 0.6) is 0 Å². The zero-order valence-corrected chi connectivity index (χ0v) is 14.4. The molecule has 25 heavy (non-hydrogen) atoms. The van der Waals surface area contributed by atoms with Gasteiger partial charge in [0.25, 0.3) is 0 Å². The van der Waals surface area contributed by atoms with Crippen molar-refractivity contribution < 1.29 is 9.21 Å². The summed E-state index contributed by atoms with van der Waals surface area (Å²) in [6, 6.07) is 9.40. The average Bonchev–Trinajstić information content (AvgIpc) is 3.24. The van der Waals surface area contributed by atoms with Gasteiger partial charge in [0.05, 0.1) is 12.5 Å². The Bertz CT molecular complexity index is 822. The van der Waals surface area contributed by atoms with Gasteiger partial charge < -0.3 is 19.6 Å². The van der Waals surface area contributed by atoms with Gasteiger partial charge in [-0.3, -0.25) is 0 Å². The predicted octanol–water partition coefficient (Wildman–Crippen LogP) is 3.97. The van der Waals surface area contributed by atoms with Crippen LogP contribution in [0.25, 0.3) is 0 Å². The fourth-order valence-electron chi connectivity index (χ4n) is 2.65. The van der Waals surface area contributed by atoms with E-state index in [-0.39, 0.29) is 6.03 Å². The SMILES string of the molecule is CC(C)c1nccn1Cc1cccc(NC(=O)NCc2ccoc2)c1. The van der Waals surface area contributed by atoms with Crippen LogP contribution in [-0.2, 0) is 13.1 Å². The number of carbonyl (C=O) groups excluding carboxylic acids is 1. The minimum absolute atomic E-state index is 0.246. The Morgan fingerprint density at radius 2 is 2.16 bits per heavy atom. The number of furan rings is 1. The molecule has 2 heterocycles. The third-order valence-corrected chi connectivity index (χ3v) is 3.84. The molecule has 0 radical (unpaired) electrons. The fraction of sp³-hybridized carbons (Fsp3) is 0.263. The van der Waals surface area contributed by atoms with Gasteiger partial charge >= 0.3 is 6.03 Å². The number of hydrogen-bond acceptors (Lipinski definition) is 3. The molecule has 0 atom stereocenters. The van der Waals surface area contributed by atoms with E-state index >= 15 is 0 Å². The standard InChI is InChI=1S/C19H22N4O2/c1-14(2)18-20-7-8-23(18)12-15-4-3-5-17(10-15)22-19(24)21-11-16-6-9-25-13-16/h3-10,13-14H,11-12H2,1-2H3,(H2,21,22,24). The molecule has 2 N–H and O–H groups in total. The van der Waals surface area contributed by atoms with Crippen molar-refractivity contribution in [2.24, 2.45) is 0 Å². The zero-order chi connectivity index (χ0) is 17.6. The number of rotatable bonds is 6. The van der Waals surface area contributed by atoms with Crippen molar-refractivity contribution in [3.8, 4) is 0 Å². The Morgan fingerprint density at radius 1 is 1.28 bits per heavy atom. The van der Waals surface area contributed by atoms with Gasteiger partial charge in [0.15, 0.2) is 0 Å². The van der Waals surface area contributed by atoms with Crippen molar-refractivity contribution in [2.75, 3.05) is 5.32 Å². The van der Waals surface area contributed by atoms with Crippen molar-refractivity contribution in [3.05, 3.63) is 72.2 Å². The summed E-state index contributed by atoms with van der Waals surface area (Å²) in [7, 11) is 0. The number of benzene rings is 1. The van der Waals surface area contributed by atoms with Crippen LogP contribution >= 0.6 is 0 Å². The Hall–Kier alpha value is -3.02. The molecule has 0 aliphatic carbocycles. The maximum atomic E-state index is 12.0. The van der Waals surface area contributed by atoms with Crippen LogP contribution in [0.1, 0.15) is 36.7 Å². The summed E-state index contributed by atoms with van der Waals surface area (Å²) in [6.07, 6.45) is 6.99. The number of anilines is 1. The molecular formula is C19H22N4O2. The van der Waals surface area contributed by atoms with Crippen molar-refractivity contribution in [1.82, 2.24) is 14.9 Å². The summed E-state index contributed by atoms with van der Waals surface area (Å²) in [5, 5.41) is 5.65. The molecule has 0 saturated carbocycles. The van der Waals surface area contributed by atoms with E-state index in [0.717, 1.165) is 29.2 Å². The molecular weight excluding hydrogens is 316 g/mol. The van der Waals surface area contributed by atoms with Gasteiger partial charge in [0.2, 0.25) is 0 Å². The molecule has 2 amide bonds. The third kappa shape index (κ3) is 4.50. The van der Waals surface area contributed by atoms with E-state index in [0.29, 0.717) is 12.5 Å². The summed E-state index contributed by atoms with van der Waals surface area (Å²) in [5.74, 6) is 1.42. The first-order valence-electron chi connectivity index (χ1n) is 8.27. The molecule has 0 saturated heterocycles. The second-order valence-electron chi connectivity index (χ2n) is 6.21. The summed E-state index contributed by atoms with van der Waals surface area (Å²) in [6.45, 7) is 5.40. The zero-order valence-electron chi connectivity index (χ0n) is 14.4. The lowest BCUT2D eigenvalue weighted by Gasteiger charge is -2.12. The Kier molecular flexibility index (Phi) is 5.18. The van der Waals surface area contributed by atoms with Gasteiger partial charge in [-0.15, -0.1) is 0 Å². The van der Waals surface area contributed by atoms with E-state index in [4.69, 9.17) is 4.42 Å². The maximum Gasteiger partial charge on any atom is 0.319 e. The number of nitrogens with one attached hydrogen (secondary N) is 2. The van der Waals surface area contributed by atoms with Crippen LogP contribution in [0.4, 0.5) is 10.5 Å². The average molecular weight is 338 g/mol. The third-order valence-electron chi connectivity index (χ3n) is 3.84. The van der Waals surface area contributed by atoms with Gasteiger partial charge in [0, 0.05) is 42.7 Å². The normalized spacial score (nSPS) is 10.8. The fourth-order valence-corrected chi connectivity index (χ4v) is 2.65. The van der Waals surface area contributed by atoms with E-state index in [1.165, 1.54) is 0 Å². The van der Waals surface area contributed by atoms with E-state index < -0.39 is 0 Å². The first kappa shape index (κ1) is 16.8. The molecule has 0 spiro atoms. The van der Waals surface area contributed by atoms with Crippen molar-refractivity contribution in [2.45, 2.75) is 32.9 Å². The largest absolute Gasteiger partial charge is 0.472 e. The Balaban J connectivity index is 1.61. The van der Waals surface area contributed by atoms with Crippen molar-refractivity contribution >= 4 is 11.7 Å². The Morgan fingerprint density at radius 3 is 2.92 bits per heavy atom. The van der Waals surface area contributed by atoms with Crippen LogP contribution < -0.4 is 10.6 Å². The molecule has 1 aromatic carbocycles. The smallest absolute Gasteiger partial charge is 0.319 e. The summed E-state index contributed by atoms with van der Waals surface area (Å²) < 4.78 is 7.11. The van der Waals surface area contributed by atoms with Crippen molar-refractivity contribution in [1.29, 1.82) is 0 Å². The second-order valence-corrected chi connectivity index (χ2v) is 6.21. The minimum Gasteiger partial charge on any atom is -0.472 e. The highest BCUT2D eigenvalue weighted by molar-refractivity contribution is 5.89. The number of urea groups is 1. The Labute approximate surface area is 146 Å². The van der Waals surface area contributed by atoms with E-state index in [1.54, 1.807) is 12.5 Å². The molecule has 3 aromatic rings. The quantitative estimate of drug-likeness (QED) is 0.714. The van der Waals surface area contributed by atoms with Gasteiger partial charge in [-0.25, -0.2) is 9.78 Å². The molecule has 2 aromatic heterocycles. The monoisotopic (exact) mass is 338 g/mol. The number of hydrogen-bond donors (Lipinski definition) is 2. The highest BCUT2D eigenvalue weighted by atomic mass is 16.3. The van der Waals surface area contributed by atoms with Crippen molar-refractivity contribution in [3.63, 3.8) is 0 Å². The highest BCUT2D eigenvalue weighted by Gasteiger charge is 2.08. The van der Waals surface area contributed by atoms with Gasteiger partial charge in [-0.1, -0.05) is 26.0 Å². The summed E-state index contributed by atoms with van der Waals surface area (Å²) in [5.41, 5.74) is 2.78. The van der Waals surface area contributed by atoms with Gasteiger partial charge in [-0.2, -0.15) is 0 Å². The predicted molar refractivity (Wildman–Crippen MR) is 96.4 cm³/mol. The highest BCUT2D eigenvalue weighted by Crippen LogP contribution is 2.16. The molecule has 0 unspecified atom stereocenters. The molecule has 6 nitrogen and oxygen atoms in total. The molecule has 3 rings (SSSR count). The lowest BCUT2D eigenvalue weighted by Crippen LogP contribution is -2.28. The van der Waals surface area contributed by atoms with Crippen LogP contribution in [0.2, 0.25) is 0 Å². The lowest BCUT2D eigenvalue weighted by atomic mass is 10.1.